The molecule has 4 aromatic rings. The molecule has 4 rings (SSSR count). The molecule has 164 valence electrons. The van der Waals surface area contributed by atoms with Gasteiger partial charge in [-0.25, -0.2) is 16.8 Å². The zero-order chi connectivity index (χ0) is 23.1. The molecule has 32 heavy (non-hydrogen) atoms. The lowest BCUT2D eigenvalue weighted by atomic mass is 10.1. The number of sulfonamides is 1. The highest BCUT2D eigenvalue weighted by Crippen LogP contribution is 2.40. The number of benzene rings is 4. The lowest BCUT2D eigenvalue weighted by Gasteiger charge is -2.15. The smallest absolute Gasteiger partial charge is 0.261 e. The van der Waals surface area contributed by atoms with Gasteiger partial charge in [-0.15, -0.1) is 0 Å². The maximum atomic E-state index is 13.3. The van der Waals surface area contributed by atoms with E-state index in [-0.39, 0.29) is 20.9 Å². The quantitative estimate of drug-likeness (QED) is 0.379. The molecule has 0 aliphatic carbocycles. The minimum absolute atomic E-state index is 0.0137. The van der Waals surface area contributed by atoms with Crippen molar-refractivity contribution < 1.29 is 21.9 Å². The standard InChI is InChI=1S/C23H18ClNO5S2/c1-15-6-10-17(11-7-15)31(27,28)22-14-21(19-4-2-3-5-20(19)23(22)26)25-32(29,30)18-12-8-16(24)9-13-18/h2-14,25-26H,1H3. The highest BCUT2D eigenvalue weighted by Gasteiger charge is 2.26. The molecule has 0 bridgehead atoms. The van der Waals surface area contributed by atoms with E-state index in [0.717, 1.165) is 11.6 Å². The van der Waals surface area contributed by atoms with E-state index in [0.29, 0.717) is 10.4 Å². The molecule has 0 saturated carbocycles. The Balaban J connectivity index is 1.91. The Bertz CT molecular complexity index is 1530. The molecule has 0 aromatic heterocycles. The second-order valence-corrected chi connectivity index (χ2v) is 11.2. The number of nitrogens with one attached hydrogen (secondary N) is 1. The van der Waals surface area contributed by atoms with Gasteiger partial charge in [0, 0.05) is 15.8 Å². The van der Waals surface area contributed by atoms with Crippen molar-refractivity contribution in [3.8, 4) is 5.75 Å². The van der Waals surface area contributed by atoms with Crippen molar-refractivity contribution in [2.45, 2.75) is 21.6 Å². The van der Waals surface area contributed by atoms with Gasteiger partial charge in [0.05, 0.1) is 15.5 Å². The van der Waals surface area contributed by atoms with Crippen LogP contribution >= 0.6 is 11.6 Å². The van der Waals surface area contributed by atoms with Crippen molar-refractivity contribution >= 4 is 47.9 Å². The van der Waals surface area contributed by atoms with Gasteiger partial charge in [-0.1, -0.05) is 53.6 Å². The van der Waals surface area contributed by atoms with Crippen LogP contribution in [0.5, 0.6) is 5.75 Å². The van der Waals surface area contributed by atoms with Gasteiger partial charge < -0.3 is 5.11 Å². The van der Waals surface area contributed by atoms with Crippen molar-refractivity contribution in [3.63, 3.8) is 0 Å². The van der Waals surface area contributed by atoms with Crippen molar-refractivity contribution in [3.05, 3.63) is 89.4 Å². The van der Waals surface area contributed by atoms with Gasteiger partial charge in [0.1, 0.15) is 10.6 Å². The zero-order valence-corrected chi connectivity index (χ0v) is 19.2. The molecule has 0 unspecified atom stereocenters. The summed E-state index contributed by atoms with van der Waals surface area (Å²) in [6.45, 7) is 1.83. The van der Waals surface area contributed by atoms with Crippen LogP contribution < -0.4 is 4.72 Å². The third-order valence-corrected chi connectivity index (χ3v) is 8.39. The molecule has 0 saturated heterocycles. The van der Waals surface area contributed by atoms with Gasteiger partial charge in [-0.3, -0.25) is 4.72 Å². The summed E-state index contributed by atoms with van der Waals surface area (Å²) < 4.78 is 54.9. The second-order valence-electron chi connectivity index (χ2n) is 7.19. The Labute approximate surface area is 191 Å². The Morgan fingerprint density at radius 1 is 0.781 bits per heavy atom. The highest BCUT2D eigenvalue weighted by molar-refractivity contribution is 7.93. The topological polar surface area (TPSA) is 101 Å². The molecule has 0 heterocycles. The summed E-state index contributed by atoms with van der Waals surface area (Å²) in [5.74, 6) is -0.449. The molecule has 4 aromatic carbocycles. The second kappa shape index (κ2) is 8.12. The minimum atomic E-state index is -4.13. The summed E-state index contributed by atoms with van der Waals surface area (Å²) in [6, 6.07) is 19.3. The number of phenols is 1. The van der Waals surface area contributed by atoms with Crippen LogP contribution in [0.4, 0.5) is 5.69 Å². The van der Waals surface area contributed by atoms with E-state index in [4.69, 9.17) is 11.6 Å². The molecule has 0 atom stereocenters. The number of fused-ring (bicyclic) bond motifs is 1. The third-order valence-electron chi connectivity index (χ3n) is 4.97. The van der Waals surface area contributed by atoms with Crippen LogP contribution in [0.2, 0.25) is 5.02 Å². The average Bonchev–Trinajstić information content (AvgIpc) is 2.76. The lowest BCUT2D eigenvalue weighted by Crippen LogP contribution is -2.14. The molecule has 0 radical (unpaired) electrons. The molecule has 9 heteroatoms. The molecule has 0 aliphatic heterocycles. The van der Waals surface area contributed by atoms with Gasteiger partial charge >= 0.3 is 0 Å². The molecule has 2 N–H and O–H groups in total. The first-order chi connectivity index (χ1) is 15.1. The molecular formula is C23H18ClNO5S2. The number of anilines is 1. The summed E-state index contributed by atoms with van der Waals surface area (Å²) in [5, 5.41) is 11.7. The van der Waals surface area contributed by atoms with E-state index in [1.807, 2.05) is 6.92 Å². The predicted molar refractivity (Wildman–Crippen MR) is 125 cm³/mol. The number of hydrogen-bond acceptors (Lipinski definition) is 5. The SMILES string of the molecule is Cc1ccc(S(=O)(=O)c2cc(NS(=O)(=O)c3ccc(Cl)cc3)c3ccccc3c2O)cc1. The molecule has 6 nitrogen and oxygen atoms in total. The summed E-state index contributed by atoms with van der Waals surface area (Å²) in [6.07, 6.45) is 0. The van der Waals surface area contributed by atoms with Crippen molar-refractivity contribution in [1.82, 2.24) is 0 Å². The summed E-state index contributed by atoms with van der Waals surface area (Å²) in [4.78, 5) is -0.448. The number of sulfone groups is 1. The van der Waals surface area contributed by atoms with Crippen LogP contribution in [-0.4, -0.2) is 21.9 Å². The van der Waals surface area contributed by atoms with Crippen LogP contribution in [0.25, 0.3) is 10.8 Å². The average molecular weight is 488 g/mol. The number of aromatic hydroxyl groups is 1. The summed E-state index contributed by atoms with van der Waals surface area (Å²) >= 11 is 5.85. The summed E-state index contributed by atoms with van der Waals surface area (Å²) in [5.41, 5.74) is 0.905. The van der Waals surface area contributed by atoms with E-state index < -0.39 is 30.5 Å². The zero-order valence-electron chi connectivity index (χ0n) is 16.8. The van der Waals surface area contributed by atoms with Gasteiger partial charge in [0.25, 0.3) is 10.0 Å². The van der Waals surface area contributed by atoms with E-state index in [1.54, 1.807) is 30.3 Å². The van der Waals surface area contributed by atoms with Gasteiger partial charge in [0.2, 0.25) is 9.84 Å². The van der Waals surface area contributed by atoms with Gasteiger partial charge in [-0.2, -0.15) is 0 Å². The van der Waals surface area contributed by atoms with Crippen LogP contribution in [-0.2, 0) is 19.9 Å². The first kappa shape index (κ1) is 22.1. The first-order valence-electron chi connectivity index (χ1n) is 9.44. The van der Waals surface area contributed by atoms with Crippen LogP contribution in [0.15, 0.2) is 93.5 Å². The molecular weight excluding hydrogens is 470 g/mol. The monoisotopic (exact) mass is 487 g/mol. The molecule has 0 spiro atoms. The number of halogens is 1. The highest BCUT2D eigenvalue weighted by atomic mass is 35.5. The maximum Gasteiger partial charge on any atom is 0.261 e. The van der Waals surface area contributed by atoms with Gasteiger partial charge in [0.15, 0.2) is 0 Å². The Kier molecular flexibility index (Phi) is 5.62. The largest absolute Gasteiger partial charge is 0.506 e. The van der Waals surface area contributed by atoms with Gasteiger partial charge in [-0.05, 0) is 49.4 Å². The van der Waals surface area contributed by atoms with E-state index >= 15 is 0 Å². The van der Waals surface area contributed by atoms with Crippen molar-refractivity contribution in [2.75, 3.05) is 4.72 Å². The van der Waals surface area contributed by atoms with Crippen LogP contribution in [0, 0.1) is 6.92 Å². The molecule has 0 aliphatic rings. The lowest BCUT2D eigenvalue weighted by molar-refractivity contribution is 0.465. The number of phenolic OH excluding ortho intramolecular Hbond substituents is 1. The van der Waals surface area contributed by atoms with Crippen LogP contribution in [0.3, 0.4) is 0 Å². The Morgan fingerprint density at radius 3 is 1.97 bits per heavy atom. The van der Waals surface area contributed by atoms with E-state index in [9.17, 15) is 21.9 Å². The Morgan fingerprint density at radius 2 is 1.34 bits per heavy atom. The molecule has 0 fully saturated rings. The van der Waals surface area contributed by atoms with Crippen molar-refractivity contribution in [1.29, 1.82) is 0 Å². The third kappa shape index (κ3) is 4.04. The van der Waals surface area contributed by atoms with Crippen LogP contribution in [0.1, 0.15) is 5.56 Å². The molecule has 0 amide bonds. The predicted octanol–water partition coefficient (Wildman–Crippen LogP) is 5.14. The van der Waals surface area contributed by atoms with E-state index in [2.05, 4.69) is 4.72 Å². The maximum absolute atomic E-state index is 13.3. The number of hydrogen-bond donors (Lipinski definition) is 2. The number of rotatable bonds is 5. The minimum Gasteiger partial charge on any atom is -0.506 e. The fourth-order valence-electron chi connectivity index (χ4n) is 3.29. The van der Waals surface area contributed by atoms with Crippen molar-refractivity contribution in [2.24, 2.45) is 0 Å². The Hall–Kier alpha value is -3.07. The number of aryl methyl sites for hydroxylation is 1. The fourth-order valence-corrected chi connectivity index (χ4v) is 5.87. The normalized spacial score (nSPS) is 12.1. The fraction of sp³-hybridized carbons (Fsp3) is 0.0435. The summed E-state index contributed by atoms with van der Waals surface area (Å²) in [7, 11) is -8.18. The first-order valence-corrected chi connectivity index (χ1v) is 12.8. The van der Waals surface area contributed by atoms with E-state index in [1.165, 1.54) is 42.5 Å².